The Morgan fingerprint density at radius 2 is 1.03 bits per heavy atom. The molecule has 0 amide bonds. The Kier molecular flexibility index (Phi) is 30.0. The molecular weight excluding hydrogens is 460 g/mol. The second-order valence-corrected chi connectivity index (χ2v) is 10.2. The van der Waals surface area contributed by atoms with Crippen LogP contribution in [0.5, 0.6) is 0 Å². The van der Waals surface area contributed by atoms with Crippen molar-refractivity contribution in [2.75, 3.05) is 39.6 Å². The van der Waals surface area contributed by atoms with Gasteiger partial charge in [0.2, 0.25) is 0 Å². The quantitative estimate of drug-likeness (QED) is 0.113. The normalized spacial score (nSPS) is 15.4. The summed E-state index contributed by atoms with van der Waals surface area (Å²) >= 11 is 0. The standard InChI is InChI=1S/C18H36O2.C6H14O3.C3H6O.C2H4O/c1-2-3-4-5-6-7-8-9-10-11-12-13-14-15-16-17-18(19)20;1-2-6(3-7,4-8)5-9;1-3-2-4-3;1-2-3-1/h2-17H2,1H3,(H,19,20);7-9H,2-5H2,1H3;3H,2H2,1H3;1-2H2. The van der Waals surface area contributed by atoms with E-state index in [-0.39, 0.29) is 19.8 Å². The van der Waals surface area contributed by atoms with E-state index in [0.29, 0.717) is 18.9 Å². The van der Waals surface area contributed by atoms with Crippen LogP contribution in [0.15, 0.2) is 0 Å². The van der Waals surface area contributed by atoms with E-state index < -0.39 is 11.4 Å². The lowest BCUT2D eigenvalue weighted by atomic mass is 9.88. The lowest BCUT2D eigenvalue weighted by Gasteiger charge is -2.24. The Hall–Kier alpha value is -0.730. The SMILES string of the molecule is C1CO1.CC1CO1.CCC(CO)(CO)CO.CCCCCCCCCCCCCCCCCC(=O)O. The van der Waals surface area contributed by atoms with Gasteiger partial charge in [0.1, 0.15) is 0 Å². The molecule has 0 aromatic rings. The van der Waals surface area contributed by atoms with Crippen LogP contribution in [0.2, 0.25) is 0 Å². The third-order valence-electron chi connectivity index (χ3n) is 6.45. The van der Waals surface area contributed by atoms with Gasteiger partial charge in [0.15, 0.2) is 0 Å². The van der Waals surface area contributed by atoms with Crippen LogP contribution in [0.1, 0.15) is 130 Å². The number of aliphatic hydroxyl groups is 3. The highest BCUT2D eigenvalue weighted by atomic mass is 16.6. The van der Waals surface area contributed by atoms with Gasteiger partial charge in [0, 0.05) is 11.8 Å². The van der Waals surface area contributed by atoms with Crippen LogP contribution in [-0.2, 0) is 14.3 Å². The molecule has 2 rings (SSSR count). The number of carboxylic acid groups (broad SMARTS) is 1. The van der Waals surface area contributed by atoms with Crippen LogP contribution in [0.4, 0.5) is 0 Å². The van der Waals surface area contributed by atoms with E-state index in [1.807, 2.05) is 6.92 Å². The number of ether oxygens (including phenoxy) is 2. The first-order valence-electron chi connectivity index (χ1n) is 14.6. The molecule has 36 heavy (non-hydrogen) atoms. The number of hydrogen-bond acceptors (Lipinski definition) is 6. The van der Waals surface area contributed by atoms with Crippen LogP contribution in [0.3, 0.4) is 0 Å². The number of carboxylic acids is 1. The average Bonchev–Trinajstić information content (AvgIpc) is 3.80. The molecule has 0 bridgehead atoms. The third-order valence-corrected chi connectivity index (χ3v) is 6.45. The van der Waals surface area contributed by atoms with Crippen molar-refractivity contribution in [2.45, 2.75) is 136 Å². The third kappa shape index (κ3) is 33.3. The lowest BCUT2D eigenvalue weighted by molar-refractivity contribution is -0.137. The second kappa shape index (κ2) is 28.8. The fraction of sp³-hybridized carbons (Fsp3) is 0.966. The Morgan fingerprint density at radius 3 is 1.19 bits per heavy atom. The fourth-order valence-electron chi connectivity index (χ4n) is 3.23. The van der Waals surface area contributed by atoms with Gasteiger partial charge in [-0.3, -0.25) is 4.79 Å². The minimum atomic E-state index is -0.667. The zero-order chi connectivity index (χ0) is 27.3. The van der Waals surface area contributed by atoms with E-state index in [2.05, 4.69) is 18.6 Å². The number of aliphatic carboxylic acids is 1. The van der Waals surface area contributed by atoms with Crippen molar-refractivity contribution in [3.05, 3.63) is 0 Å². The maximum Gasteiger partial charge on any atom is 0.303 e. The number of aliphatic hydroxyl groups excluding tert-OH is 3. The van der Waals surface area contributed by atoms with Crippen molar-refractivity contribution in [3.63, 3.8) is 0 Å². The van der Waals surface area contributed by atoms with Gasteiger partial charge in [-0.2, -0.15) is 0 Å². The molecule has 2 aliphatic heterocycles. The van der Waals surface area contributed by atoms with Crippen molar-refractivity contribution >= 4 is 5.97 Å². The van der Waals surface area contributed by atoms with E-state index in [1.54, 1.807) is 0 Å². The summed E-state index contributed by atoms with van der Waals surface area (Å²) in [6.45, 7) is 8.67. The first-order valence-corrected chi connectivity index (χ1v) is 14.6. The van der Waals surface area contributed by atoms with Crippen LogP contribution in [0, 0.1) is 5.41 Å². The maximum atomic E-state index is 10.3. The molecule has 0 aromatic heterocycles. The van der Waals surface area contributed by atoms with Crippen molar-refractivity contribution < 1.29 is 34.7 Å². The van der Waals surface area contributed by atoms with Crippen LogP contribution < -0.4 is 0 Å². The van der Waals surface area contributed by atoms with Crippen molar-refractivity contribution in [1.29, 1.82) is 0 Å². The second-order valence-electron chi connectivity index (χ2n) is 10.2. The van der Waals surface area contributed by atoms with Crippen molar-refractivity contribution in [2.24, 2.45) is 5.41 Å². The van der Waals surface area contributed by atoms with E-state index in [4.69, 9.17) is 25.2 Å². The topological polar surface area (TPSA) is 123 Å². The predicted molar refractivity (Wildman–Crippen MR) is 147 cm³/mol. The Labute approximate surface area is 222 Å². The Bertz CT molecular complexity index is 415. The molecule has 0 aromatic carbocycles. The molecule has 2 saturated heterocycles. The van der Waals surface area contributed by atoms with E-state index in [1.165, 1.54) is 83.5 Å². The number of unbranched alkanes of at least 4 members (excludes halogenated alkanes) is 14. The van der Waals surface area contributed by atoms with Gasteiger partial charge in [-0.25, -0.2) is 0 Å². The molecule has 1 atom stereocenters. The average molecular weight is 521 g/mol. The smallest absolute Gasteiger partial charge is 0.303 e. The Balaban J connectivity index is 0. The van der Waals surface area contributed by atoms with Gasteiger partial charge in [-0.15, -0.1) is 0 Å². The molecule has 0 saturated carbocycles. The molecule has 2 fully saturated rings. The molecule has 4 N–H and O–H groups in total. The summed E-state index contributed by atoms with van der Waals surface area (Å²) in [5, 5.41) is 34.5. The van der Waals surface area contributed by atoms with Crippen LogP contribution in [-0.4, -0.2) is 72.1 Å². The highest BCUT2D eigenvalue weighted by molar-refractivity contribution is 5.66. The summed E-state index contributed by atoms with van der Waals surface area (Å²) < 4.78 is 9.21. The molecule has 7 nitrogen and oxygen atoms in total. The highest BCUT2D eigenvalue weighted by Crippen LogP contribution is 2.18. The number of epoxide rings is 2. The molecule has 0 radical (unpaired) electrons. The molecule has 7 heteroatoms. The summed E-state index contributed by atoms with van der Waals surface area (Å²) in [5.74, 6) is -0.653. The van der Waals surface area contributed by atoms with E-state index in [9.17, 15) is 4.79 Å². The van der Waals surface area contributed by atoms with Crippen LogP contribution >= 0.6 is 0 Å². The van der Waals surface area contributed by atoms with Gasteiger partial charge < -0.3 is 29.9 Å². The van der Waals surface area contributed by atoms with Gasteiger partial charge in [-0.05, 0) is 19.8 Å². The van der Waals surface area contributed by atoms with Crippen LogP contribution in [0.25, 0.3) is 0 Å². The minimum Gasteiger partial charge on any atom is -0.481 e. The first kappa shape index (κ1) is 37.4. The van der Waals surface area contributed by atoms with Crippen molar-refractivity contribution in [1.82, 2.24) is 0 Å². The lowest BCUT2D eigenvalue weighted by Crippen LogP contribution is -2.32. The molecule has 2 heterocycles. The number of rotatable bonds is 20. The predicted octanol–water partition coefficient (Wildman–Crippen LogP) is 6.11. The number of hydrogen-bond donors (Lipinski definition) is 4. The molecular formula is C29H60O7. The minimum absolute atomic E-state index is 0.156. The summed E-state index contributed by atoms with van der Waals surface area (Å²) in [4.78, 5) is 10.3. The molecule has 0 spiro atoms. The first-order chi connectivity index (χ1) is 17.4. The monoisotopic (exact) mass is 520 g/mol. The molecule has 2 aliphatic rings. The highest BCUT2D eigenvalue weighted by Gasteiger charge is 2.24. The maximum absolute atomic E-state index is 10.3. The summed E-state index contributed by atoms with van der Waals surface area (Å²) in [6, 6.07) is 0. The summed E-state index contributed by atoms with van der Waals surface area (Å²) in [5.41, 5.74) is -0.667. The van der Waals surface area contributed by atoms with Gasteiger partial charge in [0.05, 0.1) is 45.7 Å². The summed E-state index contributed by atoms with van der Waals surface area (Å²) in [6.07, 6.45) is 21.4. The zero-order valence-electron chi connectivity index (χ0n) is 23.9. The fourth-order valence-corrected chi connectivity index (χ4v) is 3.23. The molecule has 1 unspecified atom stereocenters. The largest absolute Gasteiger partial charge is 0.481 e. The van der Waals surface area contributed by atoms with E-state index >= 15 is 0 Å². The zero-order valence-corrected chi connectivity index (χ0v) is 23.9. The molecule has 218 valence electrons. The van der Waals surface area contributed by atoms with Crippen molar-refractivity contribution in [3.8, 4) is 0 Å². The molecule has 0 aliphatic carbocycles. The summed E-state index contributed by atoms with van der Waals surface area (Å²) in [7, 11) is 0. The Morgan fingerprint density at radius 1 is 0.722 bits per heavy atom. The number of carbonyl (C=O) groups is 1. The van der Waals surface area contributed by atoms with E-state index in [0.717, 1.165) is 32.7 Å². The van der Waals surface area contributed by atoms with Gasteiger partial charge in [0.25, 0.3) is 0 Å². The van der Waals surface area contributed by atoms with Gasteiger partial charge in [-0.1, -0.05) is 104 Å². The van der Waals surface area contributed by atoms with Gasteiger partial charge >= 0.3 is 5.97 Å².